The van der Waals surface area contributed by atoms with Crippen LogP contribution in [0.5, 0.6) is 0 Å². The predicted molar refractivity (Wildman–Crippen MR) is 54.6 cm³/mol. The Morgan fingerprint density at radius 1 is 1.62 bits per heavy atom. The Morgan fingerprint density at radius 2 is 2.23 bits per heavy atom. The average Bonchev–Trinajstić information content (AvgIpc) is 2.31. The number of nitrogens with zero attached hydrogens (tertiary/aromatic N) is 3. The highest BCUT2D eigenvalue weighted by Gasteiger charge is 2.08. The largest absolute Gasteiger partial charge is 0.382 e. The van der Waals surface area contributed by atoms with E-state index in [4.69, 9.17) is 5.73 Å². The van der Waals surface area contributed by atoms with Crippen molar-refractivity contribution in [2.45, 2.75) is 19.9 Å². The van der Waals surface area contributed by atoms with Crippen LogP contribution in [0, 0.1) is 6.92 Å². The number of likely N-dealkylation sites (N-methyl/N-ethyl adjacent to an activating group) is 1. The van der Waals surface area contributed by atoms with Gasteiger partial charge in [-0.15, -0.1) is 0 Å². The third kappa shape index (κ3) is 2.45. The van der Waals surface area contributed by atoms with E-state index in [1.165, 1.54) is 0 Å². The van der Waals surface area contributed by atoms with Crippen molar-refractivity contribution in [2.24, 2.45) is 0 Å². The first kappa shape index (κ1) is 10.1. The molecule has 0 radical (unpaired) electrons. The van der Waals surface area contributed by atoms with E-state index in [9.17, 15) is 0 Å². The number of nitrogen functional groups attached to an aromatic ring is 1. The third-order valence-electron chi connectivity index (χ3n) is 2.03. The molecule has 74 valence electrons. The van der Waals surface area contributed by atoms with Crippen molar-refractivity contribution >= 4 is 5.82 Å². The second-order valence-electron chi connectivity index (χ2n) is 3.79. The Morgan fingerprint density at radius 3 is 2.62 bits per heavy atom. The number of hydrogen-bond acceptors (Lipinski definition) is 3. The minimum absolute atomic E-state index is 0.367. The van der Waals surface area contributed by atoms with Crippen molar-refractivity contribution in [1.29, 1.82) is 0 Å². The average molecular weight is 182 g/mol. The molecule has 0 aliphatic carbocycles. The Hall–Kier alpha value is -1.03. The Balaban J connectivity index is 2.71. The van der Waals surface area contributed by atoms with E-state index < -0.39 is 0 Å². The van der Waals surface area contributed by atoms with E-state index in [0.29, 0.717) is 11.9 Å². The Kier molecular flexibility index (Phi) is 2.93. The molecule has 4 heteroatoms. The van der Waals surface area contributed by atoms with E-state index in [-0.39, 0.29) is 0 Å². The molecule has 0 aromatic carbocycles. The van der Waals surface area contributed by atoms with Gasteiger partial charge in [-0.05, 0) is 27.9 Å². The van der Waals surface area contributed by atoms with Gasteiger partial charge >= 0.3 is 0 Å². The molecule has 1 unspecified atom stereocenters. The number of hydrogen-bond donors (Lipinski definition) is 1. The lowest BCUT2D eigenvalue weighted by atomic mass is 10.3. The molecule has 0 amide bonds. The molecule has 4 nitrogen and oxygen atoms in total. The summed E-state index contributed by atoms with van der Waals surface area (Å²) in [5.41, 5.74) is 6.71. The van der Waals surface area contributed by atoms with Crippen LogP contribution in [-0.2, 0) is 0 Å². The van der Waals surface area contributed by atoms with Crippen molar-refractivity contribution in [3.8, 4) is 0 Å². The number of aryl methyl sites for hydroxylation is 1. The second-order valence-corrected chi connectivity index (χ2v) is 3.79. The molecule has 13 heavy (non-hydrogen) atoms. The fourth-order valence-electron chi connectivity index (χ4n) is 1.33. The minimum Gasteiger partial charge on any atom is -0.382 e. The van der Waals surface area contributed by atoms with Crippen LogP contribution in [0.4, 0.5) is 5.82 Å². The molecule has 0 saturated heterocycles. The van der Waals surface area contributed by atoms with Crippen LogP contribution in [0.15, 0.2) is 6.20 Å². The van der Waals surface area contributed by atoms with Crippen LogP contribution in [-0.4, -0.2) is 35.3 Å². The number of rotatable bonds is 3. The molecule has 0 aliphatic rings. The highest BCUT2D eigenvalue weighted by atomic mass is 15.3. The highest BCUT2D eigenvalue weighted by Crippen LogP contribution is 2.12. The van der Waals surface area contributed by atoms with Crippen molar-refractivity contribution in [3.05, 3.63) is 11.8 Å². The molecule has 0 saturated carbocycles. The molecule has 0 bridgehead atoms. The van der Waals surface area contributed by atoms with Crippen LogP contribution in [0.1, 0.15) is 18.5 Å². The molecular weight excluding hydrogens is 164 g/mol. The van der Waals surface area contributed by atoms with Gasteiger partial charge in [0.2, 0.25) is 0 Å². The summed E-state index contributed by atoms with van der Waals surface area (Å²) in [7, 11) is 4.10. The van der Waals surface area contributed by atoms with Crippen LogP contribution >= 0.6 is 0 Å². The van der Waals surface area contributed by atoms with E-state index in [1.807, 2.05) is 17.8 Å². The molecule has 1 aromatic rings. The second kappa shape index (κ2) is 3.79. The van der Waals surface area contributed by atoms with E-state index in [0.717, 1.165) is 12.1 Å². The molecule has 1 atom stereocenters. The predicted octanol–water partition coefficient (Wildman–Crippen LogP) is 0.896. The SMILES string of the molecule is Cc1cn(C(C)CN(C)C)nc1N. The summed E-state index contributed by atoms with van der Waals surface area (Å²) in [6, 6.07) is 0.367. The summed E-state index contributed by atoms with van der Waals surface area (Å²) in [5, 5.41) is 4.23. The van der Waals surface area contributed by atoms with Crippen LogP contribution in [0.2, 0.25) is 0 Å². The molecule has 1 heterocycles. The van der Waals surface area contributed by atoms with Gasteiger partial charge in [0.05, 0.1) is 6.04 Å². The number of aromatic nitrogens is 2. The summed E-state index contributed by atoms with van der Waals surface area (Å²) in [4.78, 5) is 2.14. The maximum atomic E-state index is 5.66. The van der Waals surface area contributed by atoms with Gasteiger partial charge in [0, 0.05) is 18.3 Å². The maximum absolute atomic E-state index is 5.66. The van der Waals surface area contributed by atoms with Crippen LogP contribution in [0.25, 0.3) is 0 Å². The van der Waals surface area contributed by atoms with Crippen LogP contribution in [0.3, 0.4) is 0 Å². The fraction of sp³-hybridized carbons (Fsp3) is 0.667. The lowest BCUT2D eigenvalue weighted by Crippen LogP contribution is -2.22. The summed E-state index contributed by atoms with van der Waals surface area (Å²) >= 11 is 0. The smallest absolute Gasteiger partial charge is 0.148 e. The minimum atomic E-state index is 0.367. The fourth-order valence-corrected chi connectivity index (χ4v) is 1.33. The van der Waals surface area contributed by atoms with E-state index in [2.05, 4.69) is 31.0 Å². The highest BCUT2D eigenvalue weighted by molar-refractivity contribution is 5.35. The van der Waals surface area contributed by atoms with Gasteiger partial charge in [-0.2, -0.15) is 5.10 Å². The lowest BCUT2D eigenvalue weighted by Gasteiger charge is -2.16. The first-order chi connectivity index (χ1) is 6.00. The monoisotopic (exact) mass is 182 g/mol. The first-order valence-corrected chi connectivity index (χ1v) is 4.46. The Labute approximate surface area is 79.3 Å². The van der Waals surface area contributed by atoms with Crippen molar-refractivity contribution in [1.82, 2.24) is 14.7 Å². The van der Waals surface area contributed by atoms with E-state index in [1.54, 1.807) is 0 Å². The van der Waals surface area contributed by atoms with Gasteiger partial charge < -0.3 is 10.6 Å². The normalized spacial score (nSPS) is 13.6. The molecule has 1 rings (SSSR count). The van der Waals surface area contributed by atoms with Gasteiger partial charge in [-0.25, -0.2) is 0 Å². The first-order valence-electron chi connectivity index (χ1n) is 4.46. The zero-order chi connectivity index (χ0) is 10.0. The quantitative estimate of drug-likeness (QED) is 0.755. The molecule has 2 N–H and O–H groups in total. The molecule has 1 aromatic heterocycles. The van der Waals surface area contributed by atoms with Gasteiger partial charge in [-0.3, -0.25) is 4.68 Å². The van der Waals surface area contributed by atoms with Crippen molar-refractivity contribution < 1.29 is 0 Å². The zero-order valence-corrected chi connectivity index (χ0v) is 8.78. The third-order valence-corrected chi connectivity index (χ3v) is 2.03. The van der Waals surface area contributed by atoms with E-state index >= 15 is 0 Å². The molecule has 0 fully saturated rings. The van der Waals surface area contributed by atoms with Crippen molar-refractivity contribution in [3.63, 3.8) is 0 Å². The maximum Gasteiger partial charge on any atom is 0.148 e. The zero-order valence-electron chi connectivity index (χ0n) is 8.78. The number of nitrogens with two attached hydrogens (primary N) is 1. The molecular formula is C9H18N4. The molecule has 0 aliphatic heterocycles. The summed E-state index contributed by atoms with van der Waals surface area (Å²) in [6.07, 6.45) is 1.99. The van der Waals surface area contributed by atoms with Crippen LogP contribution < -0.4 is 5.73 Å². The van der Waals surface area contributed by atoms with Gasteiger partial charge in [0.25, 0.3) is 0 Å². The van der Waals surface area contributed by atoms with Crippen molar-refractivity contribution in [2.75, 3.05) is 26.4 Å². The Bertz CT molecular complexity index is 258. The lowest BCUT2D eigenvalue weighted by molar-refractivity contribution is 0.322. The summed E-state index contributed by atoms with van der Waals surface area (Å²) < 4.78 is 1.92. The van der Waals surface area contributed by atoms with Gasteiger partial charge in [0.1, 0.15) is 5.82 Å². The molecule has 0 spiro atoms. The topological polar surface area (TPSA) is 47.1 Å². The van der Waals surface area contributed by atoms with Gasteiger partial charge in [0.15, 0.2) is 0 Å². The van der Waals surface area contributed by atoms with Gasteiger partial charge in [-0.1, -0.05) is 0 Å². The number of anilines is 1. The summed E-state index contributed by atoms with van der Waals surface area (Å²) in [6.45, 7) is 5.08. The standard InChI is InChI=1S/C9H18N4/c1-7-5-13(11-9(7)10)8(2)6-12(3)4/h5,8H,6H2,1-4H3,(H2,10,11). The summed E-state index contributed by atoms with van der Waals surface area (Å²) in [5.74, 6) is 0.630.